The van der Waals surface area contributed by atoms with E-state index in [9.17, 15) is 14.7 Å². The molecule has 1 fully saturated rings. The second-order valence-corrected chi connectivity index (χ2v) is 8.66. The van der Waals surface area contributed by atoms with Crippen LogP contribution in [0.25, 0.3) is 10.2 Å². The molecule has 0 unspecified atom stereocenters. The molecule has 2 N–H and O–H groups in total. The van der Waals surface area contributed by atoms with E-state index in [0.29, 0.717) is 16.8 Å². The van der Waals surface area contributed by atoms with Crippen LogP contribution in [-0.2, 0) is 0 Å². The molecule has 2 aromatic heterocycles. The Labute approximate surface area is 163 Å². The number of aromatic hydroxyl groups is 1. The molecule has 0 bridgehead atoms. The Kier molecular flexibility index (Phi) is 6.22. The van der Waals surface area contributed by atoms with Gasteiger partial charge in [-0.1, -0.05) is 6.92 Å². The second kappa shape index (κ2) is 8.44. The summed E-state index contributed by atoms with van der Waals surface area (Å²) in [7, 11) is 0. The fourth-order valence-corrected chi connectivity index (χ4v) is 4.70. The number of carbonyl (C=O) groups excluding carboxylic acids is 1. The van der Waals surface area contributed by atoms with E-state index in [1.165, 1.54) is 24.2 Å². The summed E-state index contributed by atoms with van der Waals surface area (Å²) in [6, 6.07) is 1.66. The highest BCUT2D eigenvalue weighted by molar-refractivity contribution is 7.16. The highest BCUT2D eigenvalue weighted by Gasteiger charge is 2.23. The summed E-state index contributed by atoms with van der Waals surface area (Å²) < 4.78 is 1.59. The number of rotatable bonds is 6. The van der Waals surface area contributed by atoms with Gasteiger partial charge in [-0.25, -0.2) is 0 Å². The highest BCUT2D eigenvalue weighted by Crippen LogP contribution is 2.31. The molecule has 7 heteroatoms. The standard InChI is InChI=1S/C20H29N3O3S/c1-13(2)23-19(26)16(17(24)15-7-12-27-20(15)23)18(25)21-8-4-9-22-10-5-14(3)6-11-22/h7,12-14,24H,4-6,8-11H2,1-3H3,(H,21,25). The summed E-state index contributed by atoms with van der Waals surface area (Å²) in [6.07, 6.45) is 3.30. The number of thiophene rings is 1. The normalized spacial score (nSPS) is 16.3. The quantitative estimate of drug-likeness (QED) is 0.742. The Morgan fingerprint density at radius 1 is 1.37 bits per heavy atom. The number of carbonyl (C=O) groups is 1. The van der Waals surface area contributed by atoms with Crippen molar-refractivity contribution in [2.75, 3.05) is 26.2 Å². The smallest absolute Gasteiger partial charge is 0.268 e. The lowest BCUT2D eigenvalue weighted by atomic mass is 9.99. The van der Waals surface area contributed by atoms with Crippen molar-refractivity contribution in [3.63, 3.8) is 0 Å². The molecule has 148 valence electrons. The van der Waals surface area contributed by atoms with E-state index in [1.54, 1.807) is 10.6 Å². The number of piperidine rings is 1. The number of fused-ring (bicyclic) bond motifs is 1. The predicted octanol–water partition coefficient (Wildman–Crippen LogP) is 3.20. The highest BCUT2D eigenvalue weighted by atomic mass is 32.1. The number of amides is 1. The number of hydrogen-bond donors (Lipinski definition) is 2. The van der Waals surface area contributed by atoms with Crippen molar-refractivity contribution in [3.05, 3.63) is 27.4 Å². The minimum absolute atomic E-state index is 0.0905. The molecule has 1 aliphatic rings. The van der Waals surface area contributed by atoms with Gasteiger partial charge in [0.25, 0.3) is 11.5 Å². The van der Waals surface area contributed by atoms with Crippen molar-refractivity contribution in [1.82, 2.24) is 14.8 Å². The third-order valence-corrected chi connectivity index (χ3v) is 6.26. The summed E-state index contributed by atoms with van der Waals surface area (Å²) in [4.78, 5) is 28.6. The lowest BCUT2D eigenvalue weighted by Gasteiger charge is -2.30. The van der Waals surface area contributed by atoms with Gasteiger partial charge in [-0.05, 0) is 70.1 Å². The monoisotopic (exact) mass is 391 g/mol. The minimum atomic E-state index is -0.493. The number of nitrogens with zero attached hydrogens (tertiary/aromatic N) is 2. The zero-order valence-corrected chi connectivity index (χ0v) is 17.1. The predicted molar refractivity (Wildman–Crippen MR) is 110 cm³/mol. The van der Waals surface area contributed by atoms with Crippen LogP contribution in [0.1, 0.15) is 56.4 Å². The van der Waals surface area contributed by atoms with Crippen LogP contribution < -0.4 is 10.9 Å². The van der Waals surface area contributed by atoms with Gasteiger partial charge in [0, 0.05) is 12.6 Å². The first-order valence-electron chi connectivity index (χ1n) is 9.75. The van der Waals surface area contributed by atoms with Gasteiger partial charge in [0.2, 0.25) is 0 Å². The zero-order valence-electron chi connectivity index (χ0n) is 16.3. The molecule has 0 atom stereocenters. The maximum atomic E-state index is 12.8. The molecule has 0 spiro atoms. The van der Waals surface area contributed by atoms with E-state index < -0.39 is 11.5 Å². The van der Waals surface area contributed by atoms with Gasteiger partial charge in [-0.15, -0.1) is 11.3 Å². The Balaban J connectivity index is 1.68. The number of nitrogens with one attached hydrogen (secondary N) is 1. The van der Waals surface area contributed by atoms with Crippen molar-refractivity contribution < 1.29 is 9.90 Å². The van der Waals surface area contributed by atoms with E-state index in [-0.39, 0.29) is 17.4 Å². The van der Waals surface area contributed by atoms with E-state index in [1.807, 2.05) is 19.2 Å². The molecule has 6 nitrogen and oxygen atoms in total. The van der Waals surface area contributed by atoms with Gasteiger partial charge >= 0.3 is 0 Å². The van der Waals surface area contributed by atoms with Crippen LogP contribution in [0.4, 0.5) is 0 Å². The second-order valence-electron chi connectivity index (χ2n) is 7.77. The average Bonchev–Trinajstić information content (AvgIpc) is 3.09. The molecule has 0 aromatic carbocycles. The third-order valence-electron chi connectivity index (χ3n) is 5.34. The van der Waals surface area contributed by atoms with Crippen molar-refractivity contribution in [3.8, 4) is 5.75 Å². The van der Waals surface area contributed by atoms with Gasteiger partial charge in [0.05, 0.1) is 5.39 Å². The summed E-state index contributed by atoms with van der Waals surface area (Å²) in [5, 5.41) is 15.7. The first kappa shape index (κ1) is 19.9. The molecule has 0 aliphatic carbocycles. The summed E-state index contributed by atoms with van der Waals surface area (Å²) in [5.74, 6) is 0.0991. The third kappa shape index (κ3) is 4.19. The van der Waals surface area contributed by atoms with Crippen molar-refractivity contribution >= 4 is 27.5 Å². The molecule has 3 rings (SSSR count). The van der Waals surface area contributed by atoms with E-state index in [2.05, 4.69) is 17.1 Å². The van der Waals surface area contributed by atoms with Crippen LogP contribution in [0.15, 0.2) is 16.2 Å². The molecule has 0 radical (unpaired) electrons. The Hall–Kier alpha value is -1.86. The van der Waals surface area contributed by atoms with Crippen LogP contribution in [0.3, 0.4) is 0 Å². The molecular weight excluding hydrogens is 362 g/mol. The molecular formula is C20H29N3O3S. The number of pyridine rings is 1. The van der Waals surface area contributed by atoms with E-state index >= 15 is 0 Å². The lowest BCUT2D eigenvalue weighted by molar-refractivity contribution is 0.0946. The Bertz CT molecular complexity index is 863. The first-order valence-corrected chi connectivity index (χ1v) is 10.6. The summed E-state index contributed by atoms with van der Waals surface area (Å²) >= 11 is 1.39. The van der Waals surface area contributed by atoms with Crippen LogP contribution in [0.5, 0.6) is 5.75 Å². The molecule has 1 aliphatic heterocycles. The number of hydrogen-bond acceptors (Lipinski definition) is 5. The van der Waals surface area contributed by atoms with Gasteiger partial charge < -0.3 is 15.3 Å². The lowest BCUT2D eigenvalue weighted by Crippen LogP contribution is -2.37. The summed E-state index contributed by atoms with van der Waals surface area (Å²) in [5.41, 5.74) is -0.582. The van der Waals surface area contributed by atoms with Crippen molar-refractivity contribution in [2.24, 2.45) is 5.92 Å². The van der Waals surface area contributed by atoms with Crippen LogP contribution in [0.2, 0.25) is 0 Å². The van der Waals surface area contributed by atoms with Crippen LogP contribution in [-0.4, -0.2) is 46.7 Å². The molecule has 0 saturated carbocycles. The Morgan fingerprint density at radius 3 is 2.74 bits per heavy atom. The largest absolute Gasteiger partial charge is 0.506 e. The number of aromatic nitrogens is 1. The van der Waals surface area contributed by atoms with Crippen molar-refractivity contribution in [1.29, 1.82) is 0 Å². The first-order chi connectivity index (χ1) is 12.9. The van der Waals surface area contributed by atoms with Crippen LogP contribution >= 0.6 is 11.3 Å². The van der Waals surface area contributed by atoms with Crippen molar-refractivity contribution in [2.45, 2.75) is 46.1 Å². The van der Waals surface area contributed by atoms with Gasteiger partial charge in [-0.2, -0.15) is 0 Å². The molecule has 27 heavy (non-hydrogen) atoms. The van der Waals surface area contributed by atoms with E-state index in [4.69, 9.17) is 0 Å². The molecule has 3 heterocycles. The fourth-order valence-electron chi connectivity index (χ4n) is 3.67. The zero-order chi connectivity index (χ0) is 19.6. The topological polar surface area (TPSA) is 74.6 Å². The average molecular weight is 392 g/mol. The minimum Gasteiger partial charge on any atom is -0.506 e. The van der Waals surface area contributed by atoms with Gasteiger partial charge in [0.1, 0.15) is 16.1 Å². The fraction of sp³-hybridized carbons (Fsp3) is 0.600. The maximum absolute atomic E-state index is 12.8. The van der Waals surface area contributed by atoms with Gasteiger partial charge in [-0.3, -0.25) is 14.2 Å². The summed E-state index contributed by atoms with van der Waals surface area (Å²) in [6.45, 7) is 9.76. The van der Waals surface area contributed by atoms with Gasteiger partial charge in [0.15, 0.2) is 0 Å². The molecule has 1 saturated heterocycles. The Morgan fingerprint density at radius 2 is 2.07 bits per heavy atom. The number of likely N-dealkylation sites (tertiary alicyclic amines) is 1. The SMILES string of the molecule is CC1CCN(CCCNC(=O)c2c(O)c3ccsc3n(C(C)C)c2=O)CC1. The molecule has 1 amide bonds. The maximum Gasteiger partial charge on any atom is 0.268 e. The molecule has 2 aromatic rings. The van der Waals surface area contributed by atoms with Crippen LogP contribution in [0, 0.1) is 5.92 Å². The van der Waals surface area contributed by atoms with E-state index in [0.717, 1.165) is 32.0 Å².